The van der Waals surface area contributed by atoms with Gasteiger partial charge in [0.15, 0.2) is 0 Å². The number of methoxy groups -OCH3 is 1. The molecule has 7 nitrogen and oxygen atoms in total. The SMILES string of the molecule is CCC[C@@H](O)CN(Cc1ccco1)Cc1c(C)nn(-c2ccccc2)c1Oc1ccc(OC)cc1. The zero-order chi connectivity index (χ0) is 24.6. The molecule has 7 heteroatoms. The van der Waals surface area contributed by atoms with Crippen LogP contribution in [0.5, 0.6) is 17.4 Å². The second-order valence-electron chi connectivity index (χ2n) is 8.59. The Kier molecular flexibility index (Phi) is 8.23. The fourth-order valence-corrected chi connectivity index (χ4v) is 4.08. The van der Waals surface area contributed by atoms with E-state index in [9.17, 15) is 5.11 Å². The van der Waals surface area contributed by atoms with Crippen molar-refractivity contribution < 1.29 is 19.0 Å². The summed E-state index contributed by atoms with van der Waals surface area (Å²) in [5, 5.41) is 15.4. The maximum Gasteiger partial charge on any atom is 0.227 e. The minimum Gasteiger partial charge on any atom is -0.497 e. The molecule has 0 radical (unpaired) electrons. The summed E-state index contributed by atoms with van der Waals surface area (Å²) in [6.07, 6.45) is 2.91. The van der Waals surface area contributed by atoms with Crippen molar-refractivity contribution in [3.8, 4) is 23.1 Å². The smallest absolute Gasteiger partial charge is 0.227 e. The first kappa shape index (κ1) is 24.6. The number of benzene rings is 2. The van der Waals surface area contributed by atoms with Crippen molar-refractivity contribution in [3.63, 3.8) is 0 Å². The lowest BCUT2D eigenvalue weighted by Gasteiger charge is -2.24. The Morgan fingerprint density at radius 3 is 2.40 bits per heavy atom. The summed E-state index contributed by atoms with van der Waals surface area (Å²) >= 11 is 0. The highest BCUT2D eigenvalue weighted by atomic mass is 16.5. The van der Waals surface area contributed by atoms with Gasteiger partial charge < -0.3 is 19.0 Å². The Bertz CT molecular complexity index is 1170. The third-order valence-electron chi connectivity index (χ3n) is 5.84. The summed E-state index contributed by atoms with van der Waals surface area (Å²) in [5.74, 6) is 2.94. The summed E-state index contributed by atoms with van der Waals surface area (Å²) in [5.41, 5.74) is 2.74. The molecule has 2 heterocycles. The van der Waals surface area contributed by atoms with E-state index >= 15 is 0 Å². The lowest BCUT2D eigenvalue weighted by atomic mass is 10.1. The fraction of sp³-hybridized carbons (Fsp3) is 0.321. The first-order chi connectivity index (χ1) is 17.1. The third kappa shape index (κ3) is 6.32. The summed E-state index contributed by atoms with van der Waals surface area (Å²) in [4.78, 5) is 2.18. The largest absolute Gasteiger partial charge is 0.497 e. The van der Waals surface area contributed by atoms with Crippen molar-refractivity contribution in [1.82, 2.24) is 14.7 Å². The summed E-state index contributed by atoms with van der Waals surface area (Å²) in [6.45, 7) is 5.71. The monoisotopic (exact) mass is 475 g/mol. The number of aryl methyl sites for hydroxylation is 1. The van der Waals surface area contributed by atoms with Crippen LogP contribution < -0.4 is 9.47 Å². The second kappa shape index (κ2) is 11.7. The van der Waals surface area contributed by atoms with Crippen LogP contribution in [0, 0.1) is 6.92 Å². The van der Waals surface area contributed by atoms with Gasteiger partial charge in [-0.1, -0.05) is 31.5 Å². The maximum absolute atomic E-state index is 10.6. The Morgan fingerprint density at radius 2 is 1.74 bits per heavy atom. The number of furan rings is 1. The summed E-state index contributed by atoms with van der Waals surface area (Å²) < 4.78 is 19.2. The van der Waals surface area contributed by atoms with Gasteiger partial charge in [-0.3, -0.25) is 4.90 Å². The number of hydrogen-bond donors (Lipinski definition) is 1. The molecule has 35 heavy (non-hydrogen) atoms. The molecular formula is C28H33N3O4. The number of para-hydroxylation sites is 1. The van der Waals surface area contributed by atoms with Crippen molar-refractivity contribution in [2.75, 3.05) is 13.7 Å². The molecule has 1 N–H and O–H groups in total. The van der Waals surface area contributed by atoms with Crippen LogP contribution >= 0.6 is 0 Å². The first-order valence-corrected chi connectivity index (χ1v) is 12.0. The van der Waals surface area contributed by atoms with Gasteiger partial charge >= 0.3 is 0 Å². The van der Waals surface area contributed by atoms with Crippen molar-refractivity contribution in [1.29, 1.82) is 0 Å². The van der Waals surface area contributed by atoms with Crippen LogP contribution in [0.3, 0.4) is 0 Å². The van der Waals surface area contributed by atoms with Crippen LogP contribution in [-0.4, -0.2) is 39.5 Å². The lowest BCUT2D eigenvalue weighted by molar-refractivity contribution is 0.0927. The van der Waals surface area contributed by atoms with Gasteiger partial charge in [0, 0.05) is 13.1 Å². The van der Waals surface area contributed by atoms with Gasteiger partial charge in [-0.05, 0) is 61.9 Å². The average Bonchev–Trinajstić information content (AvgIpc) is 3.49. The van der Waals surface area contributed by atoms with E-state index < -0.39 is 6.10 Å². The van der Waals surface area contributed by atoms with Gasteiger partial charge in [-0.15, -0.1) is 0 Å². The highest BCUT2D eigenvalue weighted by molar-refractivity contribution is 5.44. The Balaban J connectivity index is 1.70. The van der Waals surface area contributed by atoms with Gasteiger partial charge in [0.05, 0.1) is 43.0 Å². The molecule has 0 bridgehead atoms. The van der Waals surface area contributed by atoms with Gasteiger partial charge in [-0.2, -0.15) is 5.10 Å². The molecule has 0 aliphatic rings. The number of aliphatic hydroxyl groups excluding tert-OH is 1. The predicted molar refractivity (Wildman–Crippen MR) is 135 cm³/mol. The molecule has 0 saturated carbocycles. The summed E-state index contributed by atoms with van der Waals surface area (Å²) in [6, 6.07) is 21.3. The Morgan fingerprint density at radius 1 is 1.00 bits per heavy atom. The number of rotatable bonds is 12. The molecule has 0 unspecified atom stereocenters. The second-order valence-corrected chi connectivity index (χ2v) is 8.59. The van der Waals surface area contributed by atoms with Crippen LogP contribution in [0.4, 0.5) is 0 Å². The van der Waals surface area contributed by atoms with E-state index in [4.69, 9.17) is 19.0 Å². The molecule has 2 aromatic heterocycles. The number of ether oxygens (including phenoxy) is 2. The Hall–Kier alpha value is -3.55. The standard InChI is InChI=1S/C28H33N3O4/c1-4-9-23(32)18-30(19-26-12-8-17-34-26)20-27-21(2)29-31(22-10-6-5-7-11-22)28(27)35-25-15-13-24(33-3)14-16-25/h5-8,10-17,23,32H,4,9,18-20H2,1-3H3/t23-/m1/s1. The normalized spacial score (nSPS) is 12.1. The molecular weight excluding hydrogens is 442 g/mol. The predicted octanol–water partition coefficient (Wildman–Crippen LogP) is 5.74. The minimum atomic E-state index is -0.426. The zero-order valence-corrected chi connectivity index (χ0v) is 20.6. The third-order valence-corrected chi connectivity index (χ3v) is 5.84. The van der Waals surface area contributed by atoms with Crippen LogP contribution in [0.1, 0.15) is 36.8 Å². The minimum absolute atomic E-state index is 0.426. The highest BCUT2D eigenvalue weighted by Crippen LogP contribution is 2.32. The fourth-order valence-electron chi connectivity index (χ4n) is 4.08. The van der Waals surface area contributed by atoms with E-state index in [2.05, 4.69) is 11.8 Å². The molecule has 0 amide bonds. The molecule has 0 spiro atoms. The van der Waals surface area contributed by atoms with E-state index in [0.29, 0.717) is 31.3 Å². The average molecular weight is 476 g/mol. The number of aliphatic hydroxyl groups is 1. The van der Waals surface area contributed by atoms with Gasteiger partial charge in [0.1, 0.15) is 17.3 Å². The van der Waals surface area contributed by atoms with Crippen LogP contribution in [0.2, 0.25) is 0 Å². The van der Waals surface area contributed by atoms with Crippen LogP contribution in [0.15, 0.2) is 77.4 Å². The van der Waals surface area contributed by atoms with Crippen molar-refractivity contribution in [2.45, 2.75) is 45.9 Å². The summed E-state index contributed by atoms with van der Waals surface area (Å²) in [7, 11) is 1.64. The quantitative estimate of drug-likeness (QED) is 0.282. The van der Waals surface area contributed by atoms with Crippen molar-refractivity contribution >= 4 is 0 Å². The number of aromatic nitrogens is 2. The molecule has 0 aliphatic carbocycles. The van der Waals surface area contributed by atoms with Gasteiger partial charge in [0.25, 0.3) is 0 Å². The highest BCUT2D eigenvalue weighted by Gasteiger charge is 2.23. The maximum atomic E-state index is 10.6. The molecule has 4 aromatic rings. The van der Waals surface area contributed by atoms with E-state index in [-0.39, 0.29) is 0 Å². The van der Waals surface area contributed by atoms with E-state index in [1.165, 1.54) is 0 Å². The molecule has 0 saturated heterocycles. The molecule has 0 aliphatic heterocycles. The van der Waals surface area contributed by atoms with Crippen molar-refractivity contribution in [3.05, 3.63) is 90.0 Å². The van der Waals surface area contributed by atoms with Gasteiger partial charge in [-0.25, -0.2) is 4.68 Å². The van der Waals surface area contributed by atoms with Crippen LogP contribution in [0.25, 0.3) is 5.69 Å². The molecule has 0 fully saturated rings. The molecule has 2 aromatic carbocycles. The topological polar surface area (TPSA) is 72.9 Å². The molecule has 1 atom stereocenters. The van der Waals surface area contributed by atoms with Gasteiger partial charge in [0.2, 0.25) is 5.88 Å². The number of hydrogen-bond acceptors (Lipinski definition) is 6. The van der Waals surface area contributed by atoms with Crippen molar-refractivity contribution in [2.24, 2.45) is 0 Å². The number of nitrogens with zero attached hydrogens (tertiary/aromatic N) is 3. The van der Waals surface area contributed by atoms with E-state index in [1.54, 1.807) is 13.4 Å². The lowest BCUT2D eigenvalue weighted by Crippen LogP contribution is -2.31. The van der Waals surface area contributed by atoms with Crippen LogP contribution in [-0.2, 0) is 13.1 Å². The van der Waals surface area contributed by atoms with E-state index in [1.807, 2.05) is 78.3 Å². The first-order valence-electron chi connectivity index (χ1n) is 12.0. The zero-order valence-electron chi connectivity index (χ0n) is 20.6. The Labute approximate surface area is 206 Å². The van der Waals surface area contributed by atoms with E-state index in [0.717, 1.165) is 41.3 Å². The molecule has 184 valence electrons. The molecule has 4 rings (SSSR count).